The van der Waals surface area contributed by atoms with Gasteiger partial charge in [0.2, 0.25) is 5.91 Å². The van der Waals surface area contributed by atoms with Crippen LogP contribution in [0.4, 0.5) is 4.39 Å². The van der Waals surface area contributed by atoms with E-state index < -0.39 is 16.9 Å². The fourth-order valence-electron chi connectivity index (χ4n) is 4.83. The van der Waals surface area contributed by atoms with Crippen LogP contribution >= 0.6 is 0 Å². The van der Waals surface area contributed by atoms with Crippen LogP contribution in [0.25, 0.3) is 0 Å². The maximum atomic E-state index is 14.6. The summed E-state index contributed by atoms with van der Waals surface area (Å²) in [5, 5.41) is 3.14. The standard InChI is InChI=1S/C28H35FN4O3/c1-5-36-17-22-14-28(22,21-9-7-6-8-10-21)31-25(35)20-11-19(12-23(29)13-20)16-33-24(34)15-27(4,18(2)3)32-26(33)30/h6-13,18,22H,5,14-17H2,1-4H3,(H2,30,32)(H,31,35)/t22?,27-,28?/m0/s1. The molecule has 3 atom stereocenters. The van der Waals surface area contributed by atoms with Crippen LogP contribution in [0.15, 0.2) is 53.5 Å². The lowest BCUT2D eigenvalue weighted by atomic mass is 9.84. The lowest BCUT2D eigenvalue weighted by molar-refractivity contribution is -0.130. The number of ether oxygens (including phenoxy) is 1. The van der Waals surface area contributed by atoms with Gasteiger partial charge in [0.15, 0.2) is 5.96 Å². The molecule has 1 fully saturated rings. The first-order valence-corrected chi connectivity index (χ1v) is 12.5. The SMILES string of the molecule is CCOCC1CC1(NC(=O)c1cc(F)cc(CN2C(=O)C[C@@](C)(C(C)C)N=C2N)c1)c1ccccc1. The van der Waals surface area contributed by atoms with Crippen molar-refractivity contribution >= 4 is 17.8 Å². The van der Waals surface area contributed by atoms with Gasteiger partial charge in [-0.05, 0) is 55.5 Å². The Morgan fingerprint density at radius 3 is 2.64 bits per heavy atom. The molecule has 1 saturated carbocycles. The van der Waals surface area contributed by atoms with Gasteiger partial charge < -0.3 is 15.8 Å². The zero-order valence-electron chi connectivity index (χ0n) is 21.4. The van der Waals surface area contributed by atoms with Gasteiger partial charge in [-0.25, -0.2) is 9.38 Å². The highest BCUT2D eigenvalue weighted by atomic mass is 19.1. The van der Waals surface area contributed by atoms with Crippen molar-refractivity contribution in [1.82, 2.24) is 10.2 Å². The number of amides is 2. The number of nitrogens with zero attached hydrogens (tertiary/aromatic N) is 2. The molecule has 2 unspecified atom stereocenters. The van der Waals surface area contributed by atoms with E-state index in [4.69, 9.17) is 10.5 Å². The molecule has 1 aliphatic carbocycles. The van der Waals surface area contributed by atoms with Gasteiger partial charge in [0.1, 0.15) is 5.82 Å². The Morgan fingerprint density at radius 2 is 2.00 bits per heavy atom. The molecule has 3 N–H and O–H groups in total. The molecule has 4 rings (SSSR count). The second-order valence-electron chi connectivity index (χ2n) is 10.3. The Morgan fingerprint density at radius 1 is 1.28 bits per heavy atom. The molecule has 0 bridgehead atoms. The van der Waals surface area contributed by atoms with Gasteiger partial charge in [-0.3, -0.25) is 14.5 Å². The fourth-order valence-corrected chi connectivity index (χ4v) is 4.83. The minimum absolute atomic E-state index is 0.0389. The number of halogens is 1. The van der Waals surface area contributed by atoms with Crippen molar-refractivity contribution in [3.05, 3.63) is 71.0 Å². The van der Waals surface area contributed by atoms with E-state index in [0.29, 0.717) is 18.8 Å². The number of nitrogens with two attached hydrogens (primary N) is 1. The Hall–Kier alpha value is -3.26. The van der Waals surface area contributed by atoms with E-state index in [1.54, 1.807) is 6.07 Å². The highest BCUT2D eigenvalue weighted by molar-refractivity contribution is 5.99. The fraction of sp³-hybridized carbons (Fsp3) is 0.464. The van der Waals surface area contributed by atoms with Crippen LogP contribution in [0.3, 0.4) is 0 Å². The van der Waals surface area contributed by atoms with Crippen molar-refractivity contribution in [3.8, 4) is 0 Å². The average Bonchev–Trinajstić information content (AvgIpc) is 3.53. The molecular formula is C28H35FN4O3. The van der Waals surface area contributed by atoms with Crippen molar-refractivity contribution in [2.24, 2.45) is 22.6 Å². The first-order valence-electron chi connectivity index (χ1n) is 12.5. The minimum atomic E-state index is -0.571. The van der Waals surface area contributed by atoms with Crippen LogP contribution in [-0.4, -0.2) is 41.4 Å². The molecule has 1 aliphatic heterocycles. The predicted molar refractivity (Wildman–Crippen MR) is 137 cm³/mol. The summed E-state index contributed by atoms with van der Waals surface area (Å²) in [5.41, 5.74) is 6.68. The number of benzene rings is 2. The smallest absolute Gasteiger partial charge is 0.252 e. The molecule has 36 heavy (non-hydrogen) atoms. The highest BCUT2D eigenvalue weighted by Crippen LogP contribution is 2.52. The zero-order chi connectivity index (χ0) is 26.1. The molecule has 2 amide bonds. The summed E-state index contributed by atoms with van der Waals surface area (Å²) in [7, 11) is 0. The lowest BCUT2D eigenvalue weighted by Crippen LogP contribution is -2.51. The summed E-state index contributed by atoms with van der Waals surface area (Å²) in [5.74, 6) is -0.726. The first-order chi connectivity index (χ1) is 17.1. The van der Waals surface area contributed by atoms with Crippen LogP contribution in [0.2, 0.25) is 0 Å². The van der Waals surface area contributed by atoms with Crippen molar-refractivity contribution in [3.63, 3.8) is 0 Å². The quantitative estimate of drug-likeness (QED) is 0.551. The van der Waals surface area contributed by atoms with Crippen LogP contribution in [0, 0.1) is 17.7 Å². The third-order valence-electron chi connectivity index (χ3n) is 7.51. The first kappa shape index (κ1) is 25.8. The summed E-state index contributed by atoms with van der Waals surface area (Å²) in [6, 6.07) is 13.9. The monoisotopic (exact) mass is 494 g/mol. The molecule has 0 radical (unpaired) electrons. The van der Waals surface area contributed by atoms with Crippen molar-refractivity contribution in [2.75, 3.05) is 13.2 Å². The number of hydrogen-bond donors (Lipinski definition) is 2. The van der Waals surface area contributed by atoms with E-state index in [0.717, 1.165) is 12.0 Å². The number of carbonyl (C=O) groups is 2. The Balaban J connectivity index is 1.55. The van der Waals surface area contributed by atoms with Crippen LogP contribution in [-0.2, 0) is 21.6 Å². The zero-order valence-corrected chi connectivity index (χ0v) is 21.4. The summed E-state index contributed by atoms with van der Waals surface area (Å²) in [4.78, 5) is 32.1. The van der Waals surface area contributed by atoms with Gasteiger partial charge in [0.25, 0.3) is 5.91 Å². The van der Waals surface area contributed by atoms with Crippen molar-refractivity contribution in [1.29, 1.82) is 0 Å². The van der Waals surface area contributed by atoms with Crippen molar-refractivity contribution < 1.29 is 18.7 Å². The third-order valence-corrected chi connectivity index (χ3v) is 7.51. The maximum Gasteiger partial charge on any atom is 0.252 e. The van der Waals surface area contributed by atoms with Gasteiger partial charge in [-0.15, -0.1) is 0 Å². The average molecular weight is 495 g/mol. The molecule has 7 nitrogen and oxygen atoms in total. The van der Waals surface area contributed by atoms with Gasteiger partial charge in [-0.2, -0.15) is 0 Å². The number of carbonyl (C=O) groups excluding carboxylic acids is 2. The number of rotatable bonds is 9. The van der Waals surface area contributed by atoms with E-state index in [9.17, 15) is 14.0 Å². The summed E-state index contributed by atoms with van der Waals surface area (Å²) in [6.45, 7) is 9.01. The summed E-state index contributed by atoms with van der Waals surface area (Å²) in [6.07, 6.45) is 0.962. The van der Waals surface area contributed by atoms with Crippen LogP contribution in [0.5, 0.6) is 0 Å². The topological polar surface area (TPSA) is 97.0 Å². The Bertz CT molecular complexity index is 1170. The van der Waals surface area contributed by atoms with Crippen molar-refractivity contribution in [2.45, 2.75) is 58.2 Å². The van der Waals surface area contributed by atoms with E-state index in [1.165, 1.54) is 17.0 Å². The molecule has 0 aromatic heterocycles. The van der Waals surface area contributed by atoms with E-state index in [2.05, 4.69) is 10.3 Å². The Labute approximate surface area is 211 Å². The third kappa shape index (κ3) is 5.14. The predicted octanol–water partition coefficient (Wildman–Crippen LogP) is 3.97. The molecular weight excluding hydrogens is 459 g/mol. The largest absolute Gasteiger partial charge is 0.381 e. The Kier molecular flexibility index (Phi) is 7.18. The molecule has 192 valence electrons. The number of hydrogen-bond acceptors (Lipinski definition) is 5. The van der Waals surface area contributed by atoms with E-state index in [1.807, 2.05) is 58.0 Å². The van der Waals surface area contributed by atoms with E-state index in [-0.39, 0.29) is 48.1 Å². The van der Waals surface area contributed by atoms with Gasteiger partial charge >= 0.3 is 0 Å². The molecule has 1 heterocycles. The minimum Gasteiger partial charge on any atom is -0.381 e. The van der Waals surface area contributed by atoms with Crippen LogP contribution < -0.4 is 11.1 Å². The maximum absolute atomic E-state index is 14.6. The molecule has 8 heteroatoms. The normalized spacial score (nSPS) is 25.6. The van der Waals surface area contributed by atoms with Crippen LogP contribution in [0.1, 0.15) is 62.0 Å². The molecule has 2 aliphatic rings. The van der Waals surface area contributed by atoms with E-state index >= 15 is 0 Å². The summed E-state index contributed by atoms with van der Waals surface area (Å²) < 4.78 is 20.2. The second-order valence-corrected chi connectivity index (χ2v) is 10.3. The number of aliphatic imine (C=N–C) groups is 1. The van der Waals surface area contributed by atoms with Gasteiger partial charge in [-0.1, -0.05) is 44.2 Å². The highest BCUT2D eigenvalue weighted by Gasteiger charge is 2.56. The van der Waals surface area contributed by atoms with Gasteiger partial charge in [0.05, 0.1) is 30.7 Å². The summed E-state index contributed by atoms with van der Waals surface area (Å²) >= 11 is 0. The second kappa shape index (κ2) is 10.0. The lowest BCUT2D eigenvalue weighted by Gasteiger charge is -2.37. The number of guanidine groups is 1. The molecule has 2 aromatic carbocycles. The molecule has 0 saturated heterocycles. The number of nitrogens with one attached hydrogen (secondary N) is 1. The van der Waals surface area contributed by atoms with Gasteiger partial charge in [0, 0.05) is 18.1 Å². The molecule has 2 aromatic rings. The molecule has 0 spiro atoms.